The Bertz CT molecular complexity index is 1170. The summed E-state index contributed by atoms with van der Waals surface area (Å²) < 4.78 is 40.6. The topological polar surface area (TPSA) is 163 Å². The highest BCUT2D eigenvalue weighted by Gasteiger charge is 2.24. The molecule has 0 aromatic heterocycles. The van der Waals surface area contributed by atoms with Crippen LogP contribution in [0.1, 0.15) is 49.9 Å². The van der Waals surface area contributed by atoms with Crippen LogP contribution in [-0.2, 0) is 29.1 Å². The number of unbranched alkanes of at least 4 members (excludes halogenated alkanes) is 2. The Morgan fingerprint density at radius 2 is 1.68 bits per heavy atom. The minimum absolute atomic E-state index is 0.0688. The fourth-order valence-electron chi connectivity index (χ4n) is 2.99. The lowest BCUT2D eigenvalue weighted by Gasteiger charge is -2.17. The normalized spacial score (nSPS) is 10.9. The molecular weight excluding hydrogens is 502 g/mol. The number of amides is 1. The molecule has 0 saturated heterocycles. The second-order valence-corrected chi connectivity index (χ2v) is 9.55. The zero-order valence-electron chi connectivity index (χ0n) is 20.9. The zero-order valence-corrected chi connectivity index (χ0v) is 21.8. The van der Waals surface area contributed by atoms with Crippen molar-refractivity contribution in [2.24, 2.45) is 5.14 Å². The third-order valence-corrected chi connectivity index (χ3v) is 5.85. The molecule has 0 bridgehead atoms. The summed E-state index contributed by atoms with van der Waals surface area (Å²) in [7, 11) is -4.33. The van der Waals surface area contributed by atoms with Gasteiger partial charge in [0.05, 0.1) is 17.9 Å². The molecule has 1 amide bonds. The van der Waals surface area contributed by atoms with Crippen LogP contribution in [0.5, 0.6) is 11.5 Å². The number of nitrogens with one attached hydrogen (secondary N) is 2. The highest BCUT2D eigenvalue weighted by Crippen LogP contribution is 2.37. The lowest BCUT2D eigenvalue weighted by atomic mass is 10.1. The predicted molar refractivity (Wildman–Crippen MR) is 137 cm³/mol. The predicted octanol–water partition coefficient (Wildman–Crippen LogP) is 2.95. The molecular formula is C25H33N3O8S. The number of nitrogens with two attached hydrogens (primary N) is 1. The molecule has 0 spiro atoms. The van der Waals surface area contributed by atoms with Gasteiger partial charge in [0.15, 0.2) is 12.4 Å². The van der Waals surface area contributed by atoms with Crippen LogP contribution in [0.15, 0.2) is 47.4 Å². The minimum Gasteiger partial charge on any atom is -0.464 e. The van der Waals surface area contributed by atoms with Crippen molar-refractivity contribution in [3.05, 3.63) is 48.0 Å². The van der Waals surface area contributed by atoms with E-state index in [1.807, 2.05) is 13.8 Å². The number of benzene rings is 2. The monoisotopic (exact) mass is 535 g/mol. The quantitative estimate of drug-likeness (QED) is 0.230. The second kappa shape index (κ2) is 14.8. The average Bonchev–Trinajstić information content (AvgIpc) is 2.87. The van der Waals surface area contributed by atoms with Crippen LogP contribution >= 0.6 is 0 Å². The summed E-state index contributed by atoms with van der Waals surface area (Å²) in [5, 5.41) is 10.8. The summed E-state index contributed by atoms with van der Waals surface area (Å²) in [5.74, 6) is -2.00. The molecule has 0 atom stereocenters. The summed E-state index contributed by atoms with van der Waals surface area (Å²) in [4.78, 5) is 35.9. The van der Waals surface area contributed by atoms with Gasteiger partial charge in [-0.3, -0.25) is 9.59 Å². The highest BCUT2D eigenvalue weighted by atomic mass is 32.2. The van der Waals surface area contributed by atoms with Crippen molar-refractivity contribution in [3.8, 4) is 11.5 Å². The van der Waals surface area contributed by atoms with Gasteiger partial charge in [0, 0.05) is 6.54 Å². The number of carbonyl (C=O) groups is 3. The van der Waals surface area contributed by atoms with Crippen molar-refractivity contribution in [1.82, 2.24) is 5.32 Å². The number of anilines is 1. The fraction of sp³-hybridized carbons (Fsp3) is 0.400. The van der Waals surface area contributed by atoms with E-state index in [2.05, 4.69) is 10.6 Å². The van der Waals surface area contributed by atoms with E-state index in [9.17, 15) is 22.8 Å². The van der Waals surface area contributed by atoms with E-state index in [4.69, 9.17) is 19.3 Å². The first kappa shape index (κ1) is 29.6. The van der Waals surface area contributed by atoms with Gasteiger partial charge in [-0.25, -0.2) is 18.4 Å². The van der Waals surface area contributed by atoms with Crippen LogP contribution in [-0.4, -0.2) is 52.6 Å². The molecule has 0 saturated carbocycles. The molecule has 2 aromatic rings. The molecule has 2 rings (SSSR count). The third-order valence-electron chi connectivity index (χ3n) is 4.93. The molecule has 0 aliphatic heterocycles. The van der Waals surface area contributed by atoms with Gasteiger partial charge < -0.3 is 24.8 Å². The van der Waals surface area contributed by atoms with E-state index < -0.39 is 39.4 Å². The first-order chi connectivity index (χ1) is 17.7. The number of carbonyl (C=O) groups excluding carboxylic acids is 3. The maximum absolute atomic E-state index is 12.7. The van der Waals surface area contributed by atoms with E-state index in [-0.39, 0.29) is 30.2 Å². The minimum atomic E-state index is -4.33. The number of hydrogen-bond acceptors (Lipinski definition) is 9. The van der Waals surface area contributed by atoms with Crippen molar-refractivity contribution in [2.45, 2.75) is 44.4 Å². The number of para-hydroxylation sites is 1. The molecule has 0 heterocycles. The molecule has 11 nitrogen and oxygen atoms in total. The summed E-state index contributed by atoms with van der Waals surface area (Å²) >= 11 is 0. The zero-order chi connectivity index (χ0) is 27.3. The standard InChI is InChI=1S/C25H33N3O8S/c1-3-5-12-27-20-14-18(25(31)35-17-22(29)28-16-23(30)34-13-6-4-2)15-21(37(26,32)33)24(20)36-19-10-8-7-9-11-19/h7-11,14-15,27H,3-6,12-13,16-17H2,1-2H3,(H,28,29)(H2,26,32,33). The first-order valence-electron chi connectivity index (χ1n) is 11.9. The highest BCUT2D eigenvalue weighted by molar-refractivity contribution is 7.89. The second-order valence-electron chi connectivity index (χ2n) is 8.02. The number of esters is 2. The lowest BCUT2D eigenvalue weighted by Crippen LogP contribution is -2.34. The number of hydrogen-bond donors (Lipinski definition) is 3. The molecule has 0 unspecified atom stereocenters. The Balaban J connectivity index is 2.20. The Morgan fingerprint density at radius 3 is 2.32 bits per heavy atom. The van der Waals surface area contributed by atoms with Crippen molar-refractivity contribution >= 4 is 33.6 Å². The van der Waals surface area contributed by atoms with Crippen molar-refractivity contribution < 1.29 is 37.0 Å². The molecule has 12 heteroatoms. The summed E-state index contributed by atoms with van der Waals surface area (Å²) in [5.41, 5.74) is 0.0604. The molecule has 37 heavy (non-hydrogen) atoms. The molecule has 2 aromatic carbocycles. The maximum atomic E-state index is 12.7. The average molecular weight is 536 g/mol. The Morgan fingerprint density at radius 1 is 0.973 bits per heavy atom. The van der Waals surface area contributed by atoms with Crippen LogP contribution in [0.2, 0.25) is 0 Å². The Hall–Kier alpha value is -3.64. The maximum Gasteiger partial charge on any atom is 0.338 e. The fourth-order valence-corrected chi connectivity index (χ4v) is 3.69. The SMILES string of the molecule is CCCCNc1cc(C(=O)OCC(=O)NCC(=O)OCCCC)cc(S(N)(=O)=O)c1Oc1ccccc1. The number of sulfonamides is 1. The van der Waals surface area contributed by atoms with Gasteiger partial charge in [-0.05, 0) is 37.1 Å². The molecule has 4 N–H and O–H groups in total. The number of ether oxygens (including phenoxy) is 3. The van der Waals surface area contributed by atoms with E-state index in [0.29, 0.717) is 18.7 Å². The van der Waals surface area contributed by atoms with Gasteiger partial charge in [-0.2, -0.15) is 0 Å². The summed E-state index contributed by atoms with van der Waals surface area (Å²) in [6, 6.07) is 10.9. The first-order valence-corrected chi connectivity index (χ1v) is 13.5. The van der Waals surface area contributed by atoms with Crippen LogP contribution in [0.3, 0.4) is 0 Å². The molecule has 0 aliphatic carbocycles. The van der Waals surface area contributed by atoms with Crippen molar-refractivity contribution in [2.75, 3.05) is 31.6 Å². The van der Waals surface area contributed by atoms with Gasteiger partial charge in [-0.1, -0.05) is 44.9 Å². The smallest absolute Gasteiger partial charge is 0.338 e. The Labute approximate surface area is 216 Å². The van der Waals surface area contributed by atoms with E-state index in [0.717, 1.165) is 25.3 Å². The largest absolute Gasteiger partial charge is 0.464 e. The molecule has 202 valence electrons. The van der Waals surface area contributed by atoms with Gasteiger partial charge >= 0.3 is 11.9 Å². The van der Waals surface area contributed by atoms with Crippen LogP contribution in [0, 0.1) is 0 Å². The van der Waals surface area contributed by atoms with Gasteiger partial charge in [-0.15, -0.1) is 0 Å². The lowest BCUT2D eigenvalue weighted by molar-refractivity contribution is -0.144. The third kappa shape index (κ3) is 10.1. The van der Waals surface area contributed by atoms with Crippen molar-refractivity contribution in [3.63, 3.8) is 0 Å². The van der Waals surface area contributed by atoms with E-state index in [1.165, 1.54) is 6.07 Å². The molecule has 0 fully saturated rings. The van der Waals surface area contributed by atoms with Gasteiger partial charge in [0.1, 0.15) is 17.2 Å². The molecule has 0 radical (unpaired) electrons. The van der Waals surface area contributed by atoms with Crippen LogP contribution in [0.4, 0.5) is 5.69 Å². The van der Waals surface area contributed by atoms with Crippen LogP contribution < -0.4 is 20.5 Å². The van der Waals surface area contributed by atoms with E-state index >= 15 is 0 Å². The van der Waals surface area contributed by atoms with Crippen LogP contribution in [0.25, 0.3) is 0 Å². The van der Waals surface area contributed by atoms with E-state index in [1.54, 1.807) is 30.3 Å². The molecule has 0 aliphatic rings. The Kier molecular flexibility index (Phi) is 11.8. The van der Waals surface area contributed by atoms with Gasteiger partial charge in [0.25, 0.3) is 5.91 Å². The summed E-state index contributed by atoms with van der Waals surface area (Å²) in [6.45, 7) is 3.61. The number of rotatable bonds is 15. The summed E-state index contributed by atoms with van der Waals surface area (Å²) in [6.07, 6.45) is 3.21. The van der Waals surface area contributed by atoms with Crippen molar-refractivity contribution in [1.29, 1.82) is 0 Å². The van der Waals surface area contributed by atoms with Gasteiger partial charge in [0.2, 0.25) is 10.0 Å². The number of primary sulfonamides is 1.